The Balaban J connectivity index is 1.22. The molecule has 2 saturated heterocycles. The predicted octanol–water partition coefficient (Wildman–Crippen LogP) is 5.45. The third-order valence-electron chi connectivity index (χ3n) is 8.84. The molecule has 38 heavy (non-hydrogen) atoms. The fraction of sp³-hybridized carbons (Fsp3) is 0.500. The highest BCUT2D eigenvalue weighted by molar-refractivity contribution is 5.97. The van der Waals surface area contributed by atoms with Crippen LogP contribution >= 0.6 is 0 Å². The van der Waals surface area contributed by atoms with Crippen LogP contribution in [0.5, 0.6) is 5.75 Å². The first-order chi connectivity index (χ1) is 18.3. The van der Waals surface area contributed by atoms with Gasteiger partial charge in [0.15, 0.2) is 0 Å². The van der Waals surface area contributed by atoms with Gasteiger partial charge in [0, 0.05) is 74.2 Å². The Hall–Kier alpha value is -2.96. The first kappa shape index (κ1) is 26.6. The molecule has 2 fully saturated rings. The van der Waals surface area contributed by atoms with Gasteiger partial charge in [0.25, 0.3) is 5.91 Å². The number of piperidine rings is 1. The zero-order valence-electron chi connectivity index (χ0n) is 23.7. The van der Waals surface area contributed by atoms with Crippen LogP contribution in [0.4, 0.5) is 0 Å². The molecule has 1 atom stereocenters. The van der Waals surface area contributed by atoms with Crippen LogP contribution in [-0.2, 0) is 6.54 Å². The zero-order valence-corrected chi connectivity index (χ0v) is 23.7. The maximum Gasteiger partial charge on any atom is 0.254 e. The molecule has 0 bridgehead atoms. The molecule has 1 amide bonds. The molecule has 0 N–H and O–H groups in total. The number of hydrogen-bond acceptors (Lipinski definition) is 5. The van der Waals surface area contributed by atoms with Gasteiger partial charge in [-0.15, -0.1) is 0 Å². The molecule has 1 unspecified atom stereocenters. The van der Waals surface area contributed by atoms with Crippen molar-refractivity contribution in [1.82, 2.24) is 19.7 Å². The van der Waals surface area contributed by atoms with Crippen LogP contribution in [0.25, 0.3) is 10.8 Å². The number of hydrogen-bond donors (Lipinski definition) is 0. The molecule has 5 rings (SSSR count). The van der Waals surface area contributed by atoms with E-state index in [1.165, 1.54) is 16.3 Å². The van der Waals surface area contributed by atoms with E-state index in [0.29, 0.717) is 12.6 Å². The van der Waals surface area contributed by atoms with Crippen molar-refractivity contribution < 1.29 is 9.53 Å². The molecular formula is C32H42N4O2. The number of aromatic nitrogens is 1. The molecule has 2 aliphatic rings. The van der Waals surface area contributed by atoms with Crippen LogP contribution in [0, 0.1) is 13.8 Å². The Kier molecular flexibility index (Phi) is 7.73. The second-order valence-corrected chi connectivity index (χ2v) is 11.4. The number of nitrogens with zero attached hydrogens (tertiary/aromatic N) is 4. The first-order valence-electron chi connectivity index (χ1n) is 14.1. The normalized spacial score (nSPS) is 20.6. The Labute approximate surface area is 227 Å². The molecule has 6 heteroatoms. The van der Waals surface area contributed by atoms with Gasteiger partial charge in [-0.1, -0.05) is 30.3 Å². The standard InChI is InChI=1S/C32H42N4O2/c1-6-38-29-12-11-26(27-9-7-8-10-28(27)29)22-35-17-18-36(21-25(35)4)32(5)13-15-34(16-14-32)31(37)30-23(2)19-33-20-24(30)3/h7-12,19-20,25H,6,13-18,21-22H2,1-5H3. The molecule has 0 saturated carbocycles. The second-order valence-electron chi connectivity index (χ2n) is 11.4. The summed E-state index contributed by atoms with van der Waals surface area (Å²) in [6.45, 7) is 17.2. The lowest BCUT2D eigenvalue weighted by Crippen LogP contribution is -2.61. The van der Waals surface area contributed by atoms with Gasteiger partial charge < -0.3 is 9.64 Å². The highest BCUT2D eigenvalue weighted by atomic mass is 16.5. The summed E-state index contributed by atoms with van der Waals surface area (Å²) in [5, 5.41) is 2.49. The van der Waals surface area contributed by atoms with E-state index in [2.05, 4.69) is 65.0 Å². The van der Waals surface area contributed by atoms with Gasteiger partial charge in [-0.2, -0.15) is 0 Å². The lowest BCUT2D eigenvalue weighted by atomic mass is 9.86. The highest BCUT2D eigenvalue weighted by Gasteiger charge is 2.40. The van der Waals surface area contributed by atoms with E-state index in [4.69, 9.17) is 4.74 Å². The van der Waals surface area contributed by atoms with Crippen molar-refractivity contribution in [2.24, 2.45) is 0 Å². The summed E-state index contributed by atoms with van der Waals surface area (Å²) in [5.41, 5.74) is 4.25. The van der Waals surface area contributed by atoms with E-state index in [0.717, 1.165) is 74.6 Å². The van der Waals surface area contributed by atoms with Gasteiger partial charge in [-0.3, -0.25) is 19.6 Å². The van der Waals surface area contributed by atoms with Crippen molar-refractivity contribution in [3.8, 4) is 5.75 Å². The van der Waals surface area contributed by atoms with E-state index < -0.39 is 0 Å². The monoisotopic (exact) mass is 514 g/mol. The van der Waals surface area contributed by atoms with Crippen LogP contribution in [0.1, 0.15) is 60.7 Å². The van der Waals surface area contributed by atoms with Gasteiger partial charge in [-0.25, -0.2) is 0 Å². The molecule has 0 radical (unpaired) electrons. The van der Waals surface area contributed by atoms with Crippen LogP contribution in [-0.4, -0.2) is 76.5 Å². The Morgan fingerprint density at radius 1 is 1.00 bits per heavy atom. The molecule has 0 spiro atoms. The quantitative estimate of drug-likeness (QED) is 0.438. The summed E-state index contributed by atoms with van der Waals surface area (Å²) in [6, 6.07) is 13.4. The highest BCUT2D eigenvalue weighted by Crippen LogP contribution is 2.33. The number of ether oxygens (including phenoxy) is 1. The number of carbonyl (C=O) groups is 1. The van der Waals surface area contributed by atoms with E-state index in [1.54, 1.807) is 12.4 Å². The van der Waals surface area contributed by atoms with Crippen LogP contribution in [0.15, 0.2) is 48.8 Å². The van der Waals surface area contributed by atoms with Crippen molar-refractivity contribution in [2.75, 3.05) is 39.3 Å². The van der Waals surface area contributed by atoms with Crippen molar-refractivity contribution in [3.05, 3.63) is 71.0 Å². The van der Waals surface area contributed by atoms with Crippen LogP contribution in [0.2, 0.25) is 0 Å². The third-order valence-corrected chi connectivity index (χ3v) is 8.84. The predicted molar refractivity (Wildman–Crippen MR) is 154 cm³/mol. The molecule has 0 aliphatic carbocycles. The number of rotatable bonds is 6. The summed E-state index contributed by atoms with van der Waals surface area (Å²) < 4.78 is 5.89. The van der Waals surface area contributed by atoms with Gasteiger partial charge in [0.05, 0.1) is 6.61 Å². The summed E-state index contributed by atoms with van der Waals surface area (Å²) in [7, 11) is 0. The maximum atomic E-state index is 13.3. The number of piperazine rings is 1. The lowest BCUT2D eigenvalue weighted by Gasteiger charge is -2.51. The molecule has 2 aliphatic heterocycles. The number of amides is 1. The maximum absolute atomic E-state index is 13.3. The topological polar surface area (TPSA) is 48.9 Å². The Bertz CT molecular complexity index is 1280. The molecule has 3 heterocycles. The van der Waals surface area contributed by atoms with Crippen molar-refractivity contribution in [2.45, 2.75) is 65.6 Å². The number of aryl methyl sites for hydroxylation is 2. The molecular weight excluding hydrogens is 472 g/mol. The minimum Gasteiger partial charge on any atom is -0.493 e. The summed E-state index contributed by atoms with van der Waals surface area (Å²) >= 11 is 0. The fourth-order valence-electron chi connectivity index (χ4n) is 6.40. The van der Waals surface area contributed by atoms with Gasteiger partial charge in [-0.05, 0) is 75.6 Å². The van der Waals surface area contributed by atoms with Crippen molar-refractivity contribution >= 4 is 16.7 Å². The number of benzene rings is 2. The van der Waals surface area contributed by atoms with Gasteiger partial charge >= 0.3 is 0 Å². The van der Waals surface area contributed by atoms with E-state index in [9.17, 15) is 4.79 Å². The zero-order chi connectivity index (χ0) is 26.9. The third kappa shape index (κ3) is 5.16. The Morgan fingerprint density at radius 2 is 1.68 bits per heavy atom. The molecule has 6 nitrogen and oxygen atoms in total. The number of carbonyl (C=O) groups excluding carboxylic acids is 1. The van der Waals surface area contributed by atoms with Crippen molar-refractivity contribution in [1.29, 1.82) is 0 Å². The lowest BCUT2D eigenvalue weighted by molar-refractivity contribution is -0.0191. The van der Waals surface area contributed by atoms with E-state index in [1.807, 2.05) is 25.7 Å². The molecule has 2 aromatic carbocycles. The average molecular weight is 515 g/mol. The van der Waals surface area contributed by atoms with Crippen LogP contribution in [0.3, 0.4) is 0 Å². The van der Waals surface area contributed by atoms with Gasteiger partial charge in [0.1, 0.15) is 5.75 Å². The van der Waals surface area contributed by atoms with E-state index >= 15 is 0 Å². The smallest absolute Gasteiger partial charge is 0.254 e. The summed E-state index contributed by atoms with van der Waals surface area (Å²) in [4.78, 5) is 24.9. The fourth-order valence-corrected chi connectivity index (χ4v) is 6.40. The van der Waals surface area contributed by atoms with Gasteiger partial charge in [0.2, 0.25) is 0 Å². The summed E-state index contributed by atoms with van der Waals surface area (Å²) in [5.74, 6) is 1.13. The number of fused-ring (bicyclic) bond motifs is 1. The number of likely N-dealkylation sites (tertiary alicyclic amines) is 1. The molecule has 3 aromatic rings. The SMILES string of the molecule is CCOc1ccc(CN2CCN(C3(C)CCN(C(=O)c4c(C)cncc4C)CC3)CC2C)c2ccccc12. The molecule has 202 valence electrons. The van der Waals surface area contributed by atoms with Crippen molar-refractivity contribution in [3.63, 3.8) is 0 Å². The summed E-state index contributed by atoms with van der Waals surface area (Å²) in [6.07, 6.45) is 5.62. The minimum atomic E-state index is 0.130. The second kappa shape index (κ2) is 11.0. The average Bonchev–Trinajstić information content (AvgIpc) is 2.91. The Morgan fingerprint density at radius 3 is 2.34 bits per heavy atom. The minimum absolute atomic E-state index is 0.130. The number of pyridine rings is 1. The van der Waals surface area contributed by atoms with Crippen LogP contribution < -0.4 is 4.74 Å². The van der Waals surface area contributed by atoms with E-state index in [-0.39, 0.29) is 11.4 Å². The largest absolute Gasteiger partial charge is 0.493 e. The first-order valence-corrected chi connectivity index (χ1v) is 14.1. The molecule has 1 aromatic heterocycles.